The number of urea groups is 1. The van der Waals surface area contributed by atoms with Crippen molar-refractivity contribution in [3.8, 4) is 0 Å². The molecule has 0 aliphatic carbocycles. The van der Waals surface area contributed by atoms with Crippen molar-refractivity contribution in [3.05, 3.63) is 47.2 Å². The van der Waals surface area contributed by atoms with Crippen molar-refractivity contribution in [1.29, 1.82) is 0 Å². The average molecular weight is 318 g/mol. The molecule has 1 aromatic carbocycles. The third-order valence-corrected chi connectivity index (χ3v) is 3.20. The number of hydrogen-bond donors (Lipinski definition) is 2. The number of esters is 2. The van der Waals surface area contributed by atoms with Crippen LogP contribution in [0.5, 0.6) is 0 Å². The summed E-state index contributed by atoms with van der Waals surface area (Å²) < 4.78 is 10.0. The molecule has 2 amide bonds. The lowest BCUT2D eigenvalue weighted by Gasteiger charge is -2.29. The van der Waals surface area contributed by atoms with Gasteiger partial charge in [0.25, 0.3) is 0 Å². The van der Waals surface area contributed by atoms with E-state index in [0.717, 1.165) is 5.56 Å². The quantitative estimate of drug-likeness (QED) is 0.801. The summed E-state index contributed by atoms with van der Waals surface area (Å²) in [5.74, 6) is -1.08. The second-order valence-corrected chi connectivity index (χ2v) is 4.84. The van der Waals surface area contributed by atoms with Crippen molar-refractivity contribution in [1.82, 2.24) is 10.6 Å². The van der Waals surface area contributed by atoms with Crippen molar-refractivity contribution >= 4 is 18.0 Å². The van der Waals surface area contributed by atoms with Gasteiger partial charge < -0.3 is 20.1 Å². The van der Waals surface area contributed by atoms with Gasteiger partial charge in [-0.3, -0.25) is 4.79 Å². The summed E-state index contributed by atoms with van der Waals surface area (Å²) in [5, 5.41) is 5.20. The van der Waals surface area contributed by atoms with Gasteiger partial charge in [0.05, 0.1) is 23.9 Å². The third-order valence-electron chi connectivity index (χ3n) is 3.20. The third kappa shape index (κ3) is 4.09. The molecule has 0 saturated carbocycles. The number of carbonyl (C=O) groups is 3. The van der Waals surface area contributed by atoms with E-state index in [-0.39, 0.29) is 24.5 Å². The summed E-state index contributed by atoms with van der Waals surface area (Å²) in [4.78, 5) is 35.2. The first-order valence-electron chi connectivity index (χ1n) is 7.19. The molecule has 0 fully saturated rings. The average Bonchev–Trinajstić information content (AvgIpc) is 2.53. The van der Waals surface area contributed by atoms with E-state index in [4.69, 9.17) is 9.47 Å². The van der Waals surface area contributed by atoms with Crippen LogP contribution in [0.1, 0.15) is 25.5 Å². The smallest absolute Gasteiger partial charge is 0.338 e. The Balaban J connectivity index is 2.44. The SMILES string of the molecule is CCOC(=O)C1=C(COC(C)=O)NC(=O)NC1c1ccccc1. The summed E-state index contributed by atoms with van der Waals surface area (Å²) in [7, 11) is 0. The van der Waals surface area contributed by atoms with Crippen LogP contribution in [-0.4, -0.2) is 31.2 Å². The van der Waals surface area contributed by atoms with Crippen LogP contribution < -0.4 is 10.6 Å². The summed E-state index contributed by atoms with van der Waals surface area (Å²) in [6.07, 6.45) is 0. The number of nitrogens with one attached hydrogen (secondary N) is 2. The maximum atomic E-state index is 12.3. The minimum atomic E-state index is -0.672. The summed E-state index contributed by atoms with van der Waals surface area (Å²) in [6, 6.07) is 7.87. The summed E-state index contributed by atoms with van der Waals surface area (Å²) in [6.45, 7) is 2.93. The van der Waals surface area contributed by atoms with Crippen LogP contribution in [0.25, 0.3) is 0 Å². The Morgan fingerprint density at radius 1 is 1.17 bits per heavy atom. The molecule has 1 aliphatic heterocycles. The number of hydrogen-bond acceptors (Lipinski definition) is 5. The van der Waals surface area contributed by atoms with Gasteiger partial charge in [0.1, 0.15) is 6.61 Å². The topological polar surface area (TPSA) is 93.7 Å². The van der Waals surface area contributed by atoms with E-state index in [1.165, 1.54) is 6.92 Å². The zero-order chi connectivity index (χ0) is 16.8. The fourth-order valence-corrected chi connectivity index (χ4v) is 2.25. The largest absolute Gasteiger partial charge is 0.463 e. The number of ether oxygens (including phenoxy) is 2. The van der Waals surface area contributed by atoms with Crippen LogP contribution in [0.3, 0.4) is 0 Å². The second-order valence-electron chi connectivity index (χ2n) is 4.84. The highest BCUT2D eigenvalue weighted by molar-refractivity contribution is 5.95. The molecule has 0 spiro atoms. The lowest BCUT2D eigenvalue weighted by Crippen LogP contribution is -2.47. The Morgan fingerprint density at radius 2 is 1.87 bits per heavy atom. The van der Waals surface area contributed by atoms with E-state index in [9.17, 15) is 14.4 Å². The van der Waals surface area contributed by atoms with E-state index in [1.807, 2.05) is 6.07 Å². The number of rotatable bonds is 5. The minimum Gasteiger partial charge on any atom is -0.463 e. The molecule has 1 heterocycles. The summed E-state index contributed by atoms with van der Waals surface area (Å²) in [5.41, 5.74) is 1.17. The molecule has 7 heteroatoms. The Hall–Kier alpha value is -2.83. The molecule has 7 nitrogen and oxygen atoms in total. The van der Waals surface area contributed by atoms with E-state index in [1.54, 1.807) is 31.2 Å². The maximum Gasteiger partial charge on any atom is 0.338 e. The molecule has 0 radical (unpaired) electrons. The number of carbonyl (C=O) groups excluding carboxylic acids is 3. The van der Waals surface area contributed by atoms with Crippen molar-refractivity contribution in [2.24, 2.45) is 0 Å². The van der Waals surface area contributed by atoms with E-state index in [2.05, 4.69) is 10.6 Å². The lowest BCUT2D eigenvalue weighted by molar-refractivity contribution is -0.141. The molecule has 1 aromatic rings. The van der Waals surface area contributed by atoms with E-state index in [0.29, 0.717) is 0 Å². The van der Waals surface area contributed by atoms with Crippen molar-refractivity contribution in [2.75, 3.05) is 13.2 Å². The zero-order valence-corrected chi connectivity index (χ0v) is 12.9. The molecule has 0 saturated heterocycles. The molecule has 122 valence electrons. The van der Waals surface area contributed by atoms with Gasteiger partial charge >= 0.3 is 18.0 Å². The van der Waals surface area contributed by atoms with Crippen LogP contribution in [-0.2, 0) is 19.1 Å². The monoisotopic (exact) mass is 318 g/mol. The van der Waals surface area contributed by atoms with Gasteiger partial charge in [0.2, 0.25) is 0 Å². The highest BCUT2D eigenvalue weighted by Gasteiger charge is 2.33. The van der Waals surface area contributed by atoms with Crippen LogP contribution >= 0.6 is 0 Å². The Morgan fingerprint density at radius 3 is 2.48 bits per heavy atom. The second kappa shape index (κ2) is 7.44. The Kier molecular flexibility index (Phi) is 5.35. The Labute approximate surface area is 133 Å². The first-order chi connectivity index (χ1) is 11.0. The van der Waals surface area contributed by atoms with Crippen molar-refractivity contribution in [2.45, 2.75) is 19.9 Å². The van der Waals surface area contributed by atoms with Gasteiger partial charge in [-0.15, -0.1) is 0 Å². The molecular weight excluding hydrogens is 300 g/mol. The normalized spacial score (nSPS) is 17.1. The molecule has 1 unspecified atom stereocenters. The molecule has 1 atom stereocenters. The van der Waals surface area contributed by atoms with Crippen LogP contribution in [0.2, 0.25) is 0 Å². The Bertz CT molecular complexity index is 639. The fourth-order valence-electron chi connectivity index (χ4n) is 2.25. The fraction of sp³-hybridized carbons (Fsp3) is 0.312. The standard InChI is InChI=1S/C16H18N2O5/c1-3-22-15(20)13-12(9-23-10(2)19)17-16(21)18-14(13)11-7-5-4-6-8-11/h4-8,14H,3,9H2,1-2H3,(H2,17,18,21). The maximum absolute atomic E-state index is 12.3. The molecule has 0 aromatic heterocycles. The first-order valence-corrected chi connectivity index (χ1v) is 7.19. The highest BCUT2D eigenvalue weighted by Crippen LogP contribution is 2.27. The van der Waals surface area contributed by atoms with Gasteiger partial charge in [-0.25, -0.2) is 9.59 Å². The molecule has 0 bridgehead atoms. The van der Waals surface area contributed by atoms with Crippen LogP contribution in [0.15, 0.2) is 41.6 Å². The highest BCUT2D eigenvalue weighted by atomic mass is 16.5. The predicted octanol–water partition coefficient (Wildman–Crippen LogP) is 1.42. The molecule has 1 aliphatic rings. The zero-order valence-electron chi connectivity index (χ0n) is 12.9. The lowest BCUT2D eigenvalue weighted by atomic mass is 9.95. The van der Waals surface area contributed by atoms with Crippen LogP contribution in [0.4, 0.5) is 4.79 Å². The van der Waals surface area contributed by atoms with Gasteiger partial charge in [0, 0.05) is 6.92 Å². The van der Waals surface area contributed by atoms with Gasteiger partial charge in [-0.1, -0.05) is 30.3 Å². The summed E-state index contributed by atoms with van der Waals surface area (Å²) >= 11 is 0. The molecule has 2 N–H and O–H groups in total. The first kappa shape index (κ1) is 16.5. The predicted molar refractivity (Wildman–Crippen MR) is 81.1 cm³/mol. The van der Waals surface area contributed by atoms with Gasteiger partial charge in [0.15, 0.2) is 0 Å². The van der Waals surface area contributed by atoms with Crippen LogP contribution in [0, 0.1) is 0 Å². The van der Waals surface area contributed by atoms with Gasteiger partial charge in [-0.05, 0) is 12.5 Å². The minimum absolute atomic E-state index is 0.193. The van der Waals surface area contributed by atoms with E-state index < -0.39 is 24.0 Å². The van der Waals surface area contributed by atoms with Gasteiger partial charge in [-0.2, -0.15) is 0 Å². The molecule has 2 rings (SSSR count). The van der Waals surface area contributed by atoms with E-state index >= 15 is 0 Å². The van der Waals surface area contributed by atoms with Crippen molar-refractivity contribution in [3.63, 3.8) is 0 Å². The number of amides is 2. The molecule has 23 heavy (non-hydrogen) atoms. The molecular formula is C16H18N2O5. The van der Waals surface area contributed by atoms with Crippen molar-refractivity contribution < 1.29 is 23.9 Å². The number of benzene rings is 1.